The van der Waals surface area contributed by atoms with Gasteiger partial charge >= 0.3 is 0 Å². The topological polar surface area (TPSA) is 93.4 Å². The second kappa shape index (κ2) is 6.40. The molecule has 1 unspecified atom stereocenters. The number of nitrogens with one attached hydrogen (secondary N) is 1. The van der Waals surface area contributed by atoms with Crippen LogP contribution >= 0.6 is 0 Å². The van der Waals surface area contributed by atoms with Crippen molar-refractivity contribution in [1.29, 1.82) is 0 Å². The van der Waals surface area contributed by atoms with Gasteiger partial charge in [-0.1, -0.05) is 6.92 Å². The van der Waals surface area contributed by atoms with E-state index in [9.17, 15) is 0 Å². The van der Waals surface area contributed by atoms with Gasteiger partial charge in [0.25, 0.3) is 6.02 Å². The monoisotopic (exact) mass is 342 g/mol. The Morgan fingerprint density at radius 3 is 3.08 bits per heavy atom. The van der Waals surface area contributed by atoms with Gasteiger partial charge in [0, 0.05) is 18.5 Å². The van der Waals surface area contributed by atoms with Crippen molar-refractivity contribution in [3.8, 4) is 5.82 Å². The lowest BCUT2D eigenvalue weighted by atomic mass is 9.79. The molecule has 0 aliphatic carbocycles. The first-order valence-corrected chi connectivity index (χ1v) is 8.54. The Morgan fingerprint density at radius 1 is 1.36 bits per heavy atom. The first-order chi connectivity index (χ1) is 12.2. The van der Waals surface area contributed by atoms with Crippen LogP contribution in [0, 0.1) is 5.92 Å². The third kappa shape index (κ3) is 3.07. The number of likely N-dealkylation sites (tertiary alicyclic amines) is 1. The molecule has 9 heteroatoms. The molecular weight excluding hydrogens is 320 g/mol. The number of amidine groups is 1. The first-order valence-electron chi connectivity index (χ1n) is 8.54. The number of hydrogen-bond acceptors (Lipinski definition) is 8. The van der Waals surface area contributed by atoms with Crippen molar-refractivity contribution in [2.75, 3.05) is 32.0 Å². The summed E-state index contributed by atoms with van der Waals surface area (Å²) in [5.41, 5.74) is -0.230. The van der Waals surface area contributed by atoms with Crippen LogP contribution in [0.5, 0.6) is 0 Å². The summed E-state index contributed by atoms with van der Waals surface area (Å²) in [7, 11) is 2.14. The molecule has 0 saturated carbocycles. The van der Waals surface area contributed by atoms with E-state index in [2.05, 4.69) is 49.2 Å². The lowest BCUT2D eigenvalue weighted by molar-refractivity contribution is -0.0389. The second-order valence-electron chi connectivity index (χ2n) is 6.65. The lowest BCUT2D eigenvalue weighted by Crippen LogP contribution is -2.55. The number of ether oxygens (including phenoxy) is 1. The summed E-state index contributed by atoms with van der Waals surface area (Å²) in [5.74, 6) is 1.77. The Kier molecular flexibility index (Phi) is 4.08. The van der Waals surface area contributed by atoms with E-state index in [0.29, 0.717) is 30.1 Å². The number of piperidine rings is 1. The minimum absolute atomic E-state index is 0.230. The highest BCUT2D eigenvalue weighted by Gasteiger charge is 2.47. The average molecular weight is 342 g/mol. The average Bonchev–Trinajstić information content (AvgIpc) is 3.26. The van der Waals surface area contributed by atoms with Crippen molar-refractivity contribution in [1.82, 2.24) is 29.6 Å². The van der Waals surface area contributed by atoms with Gasteiger partial charge in [0.05, 0.1) is 6.54 Å². The molecule has 4 rings (SSSR count). The molecule has 4 heterocycles. The van der Waals surface area contributed by atoms with E-state index in [1.807, 2.05) is 0 Å². The van der Waals surface area contributed by atoms with Gasteiger partial charge in [-0.15, -0.1) is 0 Å². The smallest absolute Gasteiger partial charge is 0.291 e. The fourth-order valence-electron chi connectivity index (χ4n) is 3.68. The van der Waals surface area contributed by atoms with Crippen LogP contribution in [0.2, 0.25) is 0 Å². The summed E-state index contributed by atoms with van der Waals surface area (Å²) < 4.78 is 7.88. The predicted octanol–water partition coefficient (Wildman–Crippen LogP) is 0.956. The van der Waals surface area contributed by atoms with Crippen LogP contribution in [-0.2, 0) is 4.74 Å². The van der Waals surface area contributed by atoms with Crippen molar-refractivity contribution in [2.24, 2.45) is 10.9 Å². The number of anilines is 1. The third-order valence-electron chi connectivity index (χ3n) is 4.97. The van der Waals surface area contributed by atoms with Gasteiger partial charge in [0.2, 0.25) is 0 Å². The minimum Gasteiger partial charge on any atom is -0.455 e. The molecule has 0 bridgehead atoms. The molecule has 2 aromatic rings. The molecule has 132 valence electrons. The van der Waals surface area contributed by atoms with E-state index < -0.39 is 0 Å². The molecule has 1 fully saturated rings. The van der Waals surface area contributed by atoms with Crippen molar-refractivity contribution in [2.45, 2.75) is 25.4 Å². The molecule has 2 atom stereocenters. The lowest BCUT2D eigenvalue weighted by Gasteiger charge is -2.43. The Morgan fingerprint density at radius 2 is 2.28 bits per heavy atom. The quantitative estimate of drug-likeness (QED) is 0.888. The number of hydrogen-bond donors (Lipinski definition) is 1. The van der Waals surface area contributed by atoms with Gasteiger partial charge < -0.3 is 9.64 Å². The fraction of sp³-hybridized carbons (Fsp3) is 0.562. The van der Waals surface area contributed by atoms with E-state index >= 15 is 0 Å². The van der Waals surface area contributed by atoms with Gasteiger partial charge in [-0.05, 0) is 26.4 Å². The zero-order valence-corrected chi connectivity index (χ0v) is 14.5. The second-order valence-corrected chi connectivity index (χ2v) is 6.65. The van der Waals surface area contributed by atoms with Crippen LogP contribution < -0.4 is 5.32 Å². The number of aromatic nitrogens is 5. The Labute approximate surface area is 146 Å². The molecule has 0 amide bonds. The van der Waals surface area contributed by atoms with Crippen molar-refractivity contribution < 1.29 is 4.74 Å². The first kappa shape index (κ1) is 15.9. The maximum Gasteiger partial charge on any atom is 0.291 e. The molecule has 2 aromatic heterocycles. The molecule has 2 aliphatic rings. The normalized spacial score (nSPS) is 26.5. The number of aliphatic imine (C=N–C) groups is 1. The molecule has 25 heavy (non-hydrogen) atoms. The fourth-order valence-corrected chi connectivity index (χ4v) is 3.68. The number of nitrogens with zero attached hydrogens (tertiary/aromatic N) is 7. The molecule has 2 aliphatic heterocycles. The number of likely N-dealkylation sites (N-methyl/N-ethyl adjacent to an activating group) is 1. The van der Waals surface area contributed by atoms with Crippen LogP contribution in [-0.4, -0.2) is 67.9 Å². The Bertz CT molecular complexity index is 761. The number of rotatable bonds is 3. The van der Waals surface area contributed by atoms with E-state index in [-0.39, 0.29) is 5.60 Å². The Balaban J connectivity index is 1.48. The maximum absolute atomic E-state index is 6.30. The summed E-state index contributed by atoms with van der Waals surface area (Å²) in [5, 5.41) is 7.25. The third-order valence-corrected chi connectivity index (χ3v) is 4.97. The highest BCUT2D eigenvalue weighted by molar-refractivity contribution is 5.89. The van der Waals surface area contributed by atoms with E-state index in [1.165, 1.54) is 12.7 Å². The van der Waals surface area contributed by atoms with E-state index in [4.69, 9.17) is 4.74 Å². The van der Waals surface area contributed by atoms with Crippen LogP contribution in [0.1, 0.15) is 19.8 Å². The standard InChI is InChI=1S/C16H22N8O/c1-3-12-4-5-23(2)8-16(12)7-18-15(25-16)22-13-6-14(20-10-19-13)24-11-17-9-21-24/h6,9-12H,3-5,7-8H2,1-2H3,(H,18,19,20,22)/t12?,16-/m0/s1. The summed E-state index contributed by atoms with van der Waals surface area (Å²) in [6, 6.07) is 2.31. The molecule has 1 spiro atoms. The van der Waals surface area contributed by atoms with Crippen LogP contribution in [0.15, 0.2) is 30.0 Å². The summed E-state index contributed by atoms with van der Waals surface area (Å²) in [6.07, 6.45) is 6.77. The van der Waals surface area contributed by atoms with Crippen LogP contribution in [0.3, 0.4) is 0 Å². The van der Waals surface area contributed by atoms with Gasteiger partial charge in [-0.2, -0.15) is 5.10 Å². The van der Waals surface area contributed by atoms with Crippen molar-refractivity contribution in [3.05, 3.63) is 25.0 Å². The maximum atomic E-state index is 6.30. The molecular formula is C16H22N8O. The van der Waals surface area contributed by atoms with E-state index in [1.54, 1.807) is 17.1 Å². The predicted molar refractivity (Wildman–Crippen MR) is 92.6 cm³/mol. The van der Waals surface area contributed by atoms with Crippen LogP contribution in [0.4, 0.5) is 5.82 Å². The van der Waals surface area contributed by atoms with Crippen LogP contribution in [0.25, 0.3) is 5.82 Å². The molecule has 0 radical (unpaired) electrons. The SMILES string of the molecule is CCC1CCN(C)C[C@@]12CN=C(Nc1cc(-n3cncn3)ncn1)O2. The zero-order valence-electron chi connectivity index (χ0n) is 14.5. The largest absolute Gasteiger partial charge is 0.455 e. The summed E-state index contributed by atoms with van der Waals surface area (Å²) in [6.45, 7) is 4.91. The summed E-state index contributed by atoms with van der Waals surface area (Å²) >= 11 is 0. The van der Waals surface area contributed by atoms with Crippen molar-refractivity contribution in [3.63, 3.8) is 0 Å². The highest BCUT2D eigenvalue weighted by atomic mass is 16.5. The highest BCUT2D eigenvalue weighted by Crippen LogP contribution is 2.36. The van der Waals surface area contributed by atoms with Gasteiger partial charge in [-0.25, -0.2) is 24.6 Å². The molecule has 1 saturated heterocycles. The Hall–Kier alpha value is -2.55. The van der Waals surface area contributed by atoms with E-state index in [0.717, 1.165) is 25.9 Å². The van der Waals surface area contributed by atoms with Gasteiger partial charge in [0.1, 0.15) is 30.4 Å². The van der Waals surface area contributed by atoms with Gasteiger partial charge in [0.15, 0.2) is 5.82 Å². The van der Waals surface area contributed by atoms with Crippen molar-refractivity contribution >= 4 is 11.8 Å². The molecule has 9 nitrogen and oxygen atoms in total. The summed E-state index contributed by atoms with van der Waals surface area (Å²) in [4.78, 5) is 19.3. The minimum atomic E-state index is -0.230. The molecule has 0 aromatic carbocycles. The van der Waals surface area contributed by atoms with Gasteiger partial charge in [-0.3, -0.25) is 5.32 Å². The zero-order chi connectivity index (χ0) is 17.3. The molecule has 1 N–H and O–H groups in total.